The van der Waals surface area contributed by atoms with E-state index in [4.69, 9.17) is 10.1 Å². The molecule has 0 saturated carbocycles. The van der Waals surface area contributed by atoms with Crippen LogP contribution in [0.1, 0.15) is 35.5 Å². The summed E-state index contributed by atoms with van der Waals surface area (Å²) in [5.74, 6) is 1.07. The number of nitrogens with one attached hydrogen (secondary N) is 1. The van der Waals surface area contributed by atoms with Crippen LogP contribution in [0.25, 0.3) is 16.8 Å². The third-order valence-corrected chi connectivity index (χ3v) is 6.50. The van der Waals surface area contributed by atoms with Crippen molar-refractivity contribution in [2.45, 2.75) is 44.0 Å². The van der Waals surface area contributed by atoms with Crippen molar-refractivity contribution in [3.8, 4) is 11.1 Å². The van der Waals surface area contributed by atoms with Crippen LogP contribution in [0.2, 0.25) is 0 Å². The van der Waals surface area contributed by atoms with Crippen molar-refractivity contribution in [3.63, 3.8) is 0 Å². The average Bonchev–Trinajstić information content (AvgIpc) is 3.12. The first kappa shape index (κ1) is 19.1. The van der Waals surface area contributed by atoms with Gasteiger partial charge in [0.05, 0.1) is 17.9 Å². The maximum absolute atomic E-state index is 5.11. The molecule has 1 aliphatic rings. The number of thioether (sulfide) groups is 1. The number of aromatic nitrogens is 4. The van der Waals surface area contributed by atoms with Crippen molar-refractivity contribution in [1.82, 2.24) is 19.6 Å². The summed E-state index contributed by atoms with van der Waals surface area (Å²) >= 11 is 1.76. The molecule has 0 aliphatic heterocycles. The highest BCUT2D eigenvalue weighted by molar-refractivity contribution is 7.98. The first-order valence-corrected chi connectivity index (χ1v) is 11.7. The second-order valence-corrected chi connectivity index (χ2v) is 8.57. The van der Waals surface area contributed by atoms with Gasteiger partial charge in [-0.25, -0.2) is 4.98 Å². The molecule has 5 nitrogen and oxygen atoms in total. The molecule has 0 amide bonds. The topological polar surface area (TPSA) is 55.1 Å². The van der Waals surface area contributed by atoms with E-state index in [0.717, 1.165) is 41.3 Å². The van der Waals surface area contributed by atoms with E-state index in [1.54, 1.807) is 11.8 Å². The number of hydrogen-bond donors (Lipinski definition) is 1. The Morgan fingerprint density at radius 1 is 1.07 bits per heavy atom. The van der Waals surface area contributed by atoms with E-state index in [1.807, 2.05) is 28.9 Å². The van der Waals surface area contributed by atoms with Gasteiger partial charge in [0.1, 0.15) is 5.82 Å². The van der Waals surface area contributed by atoms with Gasteiger partial charge in [-0.15, -0.1) is 11.8 Å². The van der Waals surface area contributed by atoms with Crippen LogP contribution in [0.5, 0.6) is 0 Å². The van der Waals surface area contributed by atoms with Crippen molar-refractivity contribution >= 4 is 23.2 Å². The van der Waals surface area contributed by atoms with Gasteiger partial charge in [-0.3, -0.25) is 4.98 Å². The Balaban J connectivity index is 1.64. The third-order valence-electron chi connectivity index (χ3n) is 5.76. The minimum Gasteiger partial charge on any atom is -0.364 e. The van der Waals surface area contributed by atoms with Crippen molar-refractivity contribution in [2.75, 3.05) is 11.6 Å². The Labute approximate surface area is 181 Å². The van der Waals surface area contributed by atoms with Gasteiger partial charge in [0.25, 0.3) is 0 Å². The summed E-state index contributed by atoms with van der Waals surface area (Å²) in [6.45, 7) is 2.75. The molecule has 0 radical (unpaired) electrons. The molecular formula is C24H25N5S. The normalized spacial score (nSPS) is 13.4. The van der Waals surface area contributed by atoms with E-state index in [-0.39, 0.29) is 0 Å². The predicted octanol–water partition coefficient (Wildman–Crippen LogP) is 5.31. The lowest BCUT2D eigenvalue weighted by Crippen LogP contribution is -2.15. The van der Waals surface area contributed by atoms with Gasteiger partial charge < -0.3 is 5.32 Å². The molecule has 1 aromatic carbocycles. The molecule has 152 valence electrons. The van der Waals surface area contributed by atoms with Gasteiger partial charge in [-0.2, -0.15) is 9.61 Å². The number of aryl methyl sites for hydroxylation is 2. The highest BCUT2D eigenvalue weighted by atomic mass is 32.2. The van der Waals surface area contributed by atoms with E-state index >= 15 is 0 Å². The van der Waals surface area contributed by atoms with Crippen molar-refractivity contribution < 1.29 is 0 Å². The minimum atomic E-state index is 0.670. The number of benzene rings is 1. The zero-order valence-electron chi connectivity index (χ0n) is 17.4. The predicted molar refractivity (Wildman–Crippen MR) is 123 cm³/mol. The summed E-state index contributed by atoms with van der Waals surface area (Å²) in [5, 5.41) is 8.56. The molecule has 3 aromatic heterocycles. The van der Waals surface area contributed by atoms with E-state index in [9.17, 15) is 0 Å². The van der Waals surface area contributed by atoms with Crippen LogP contribution < -0.4 is 5.32 Å². The first-order chi connectivity index (χ1) is 14.7. The number of anilines is 1. The number of pyridine rings is 1. The molecule has 0 spiro atoms. The van der Waals surface area contributed by atoms with Crippen LogP contribution in [-0.2, 0) is 19.4 Å². The second-order valence-electron chi connectivity index (χ2n) is 7.69. The van der Waals surface area contributed by atoms with Crippen LogP contribution in [0.4, 0.5) is 5.82 Å². The van der Waals surface area contributed by atoms with Gasteiger partial charge >= 0.3 is 0 Å². The molecule has 1 N–H and O–H groups in total. The lowest BCUT2D eigenvalue weighted by Gasteiger charge is -2.20. The molecule has 0 fully saturated rings. The van der Waals surface area contributed by atoms with Crippen LogP contribution >= 0.6 is 11.8 Å². The van der Waals surface area contributed by atoms with E-state index in [0.29, 0.717) is 6.54 Å². The zero-order valence-corrected chi connectivity index (χ0v) is 18.2. The monoisotopic (exact) mass is 415 g/mol. The van der Waals surface area contributed by atoms with Crippen molar-refractivity contribution in [1.29, 1.82) is 0 Å². The Morgan fingerprint density at radius 3 is 2.67 bits per heavy atom. The number of nitrogens with zero attached hydrogens (tertiary/aromatic N) is 4. The summed E-state index contributed by atoms with van der Waals surface area (Å²) < 4.78 is 2.01. The van der Waals surface area contributed by atoms with Gasteiger partial charge in [0.2, 0.25) is 0 Å². The largest absolute Gasteiger partial charge is 0.364 e. The SMILES string of the molecule is CSc1ccc(-c2c(C)nn3c(NCc4ccccn4)c4c(nc23)CCCC4)cc1. The molecule has 4 aromatic rings. The molecule has 0 bridgehead atoms. The number of fused-ring (bicyclic) bond motifs is 2. The lowest BCUT2D eigenvalue weighted by atomic mass is 9.96. The van der Waals surface area contributed by atoms with E-state index in [2.05, 4.69) is 47.7 Å². The highest BCUT2D eigenvalue weighted by Gasteiger charge is 2.23. The van der Waals surface area contributed by atoms with Crippen molar-refractivity contribution in [2.24, 2.45) is 0 Å². The average molecular weight is 416 g/mol. The highest BCUT2D eigenvalue weighted by Crippen LogP contribution is 2.34. The molecule has 30 heavy (non-hydrogen) atoms. The number of rotatable bonds is 5. The standard InChI is InChI=1S/C24H25N5S/c1-16-22(17-10-12-19(30-2)13-11-17)24-27-21-9-4-3-8-20(21)23(29(24)28-16)26-15-18-7-5-6-14-25-18/h5-7,10-14,26H,3-4,8-9,15H2,1-2H3. The van der Waals surface area contributed by atoms with Gasteiger partial charge in [-0.05, 0) is 68.7 Å². The first-order valence-electron chi connectivity index (χ1n) is 10.4. The Hall–Kier alpha value is -2.86. The maximum atomic E-state index is 5.11. The Bertz CT molecular complexity index is 1180. The van der Waals surface area contributed by atoms with Gasteiger partial charge in [-0.1, -0.05) is 18.2 Å². The molecule has 0 unspecified atom stereocenters. The molecule has 3 heterocycles. The fourth-order valence-electron chi connectivity index (χ4n) is 4.25. The quantitative estimate of drug-likeness (QED) is 0.448. The Morgan fingerprint density at radius 2 is 1.90 bits per heavy atom. The lowest BCUT2D eigenvalue weighted by molar-refractivity contribution is 0.661. The molecule has 6 heteroatoms. The molecule has 0 saturated heterocycles. The second kappa shape index (κ2) is 8.11. The summed E-state index contributed by atoms with van der Waals surface area (Å²) in [7, 11) is 0. The van der Waals surface area contributed by atoms with Crippen LogP contribution in [0.15, 0.2) is 53.6 Å². The van der Waals surface area contributed by atoms with E-state index in [1.165, 1.54) is 34.6 Å². The zero-order chi connectivity index (χ0) is 20.5. The summed E-state index contributed by atoms with van der Waals surface area (Å²) in [6, 6.07) is 14.7. The number of hydrogen-bond acceptors (Lipinski definition) is 5. The van der Waals surface area contributed by atoms with Crippen LogP contribution in [-0.4, -0.2) is 25.8 Å². The van der Waals surface area contributed by atoms with Gasteiger partial charge in [0, 0.05) is 27.9 Å². The minimum absolute atomic E-state index is 0.670. The third kappa shape index (κ3) is 3.45. The van der Waals surface area contributed by atoms with Gasteiger partial charge in [0.15, 0.2) is 5.65 Å². The summed E-state index contributed by atoms with van der Waals surface area (Å²) in [6.07, 6.45) is 8.40. The van der Waals surface area contributed by atoms with E-state index < -0.39 is 0 Å². The fraction of sp³-hybridized carbons (Fsp3) is 0.292. The van der Waals surface area contributed by atoms with Crippen molar-refractivity contribution in [3.05, 3.63) is 71.3 Å². The maximum Gasteiger partial charge on any atom is 0.165 e. The Kier molecular flexibility index (Phi) is 5.17. The molecule has 5 rings (SSSR count). The summed E-state index contributed by atoms with van der Waals surface area (Å²) in [4.78, 5) is 10.8. The molecule has 1 aliphatic carbocycles. The van der Waals surface area contributed by atoms with Crippen LogP contribution in [0.3, 0.4) is 0 Å². The summed E-state index contributed by atoms with van der Waals surface area (Å²) in [5.41, 5.74) is 7.76. The fourth-order valence-corrected chi connectivity index (χ4v) is 4.66. The molecule has 0 atom stereocenters. The van der Waals surface area contributed by atoms with Crippen LogP contribution in [0, 0.1) is 6.92 Å². The molecular weight excluding hydrogens is 390 g/mol. The smallest absolute Gasteiger partial charge is 0.165 e.